The molecule has 0 atom stereocenters. The lowest BCUT2D eigenvalue weighted by molar-refractivity contribution is -0.0453. The van der Waals surface area contributed by atoms with E-state index >= 15 is 0 Å². The molecule has 6 rings (SSSR count). The predicted octanol–water partition coefficient (Wildman–Crippen LogP) is 4.12. The summed E-state index contributed by atoms with van der Waals surface area (Å²) in [5, 5.41) is 29.6. The lowest BCUT2D eigenvalue weighted by Gasteiger charge is -2.22. The fourth-order valence-electron chi connectivity index (χ4n) is 4.72. The van der Waals surface area contributed by atoms with Gasteiger partial charge >= 0.3 is 0 Å². The smallest absolute Gasteiger partial charge is 0.193 e. The number of aromatic nitrogens is 4. The first-order valence-electron chi connectivity index (χ1n) is 9.96. The van der Waals surface area contributed by atoms with Gasteiger partial charge in [0, 0.05) is 27.2 Å². The van der Waals surface area contributed by atoms with Gasteiger partial charge in [0.05, 0.1) is 28.6 Å². The van der Waals surface area contributed by atoms with Gasteiger partial charge in [-0.1, -0.05) is 6.07 Å². The van der Waals surface area contributed by atoms with E-state index in [2.05, 4.69) is 33.4 Å². The van der Waals surface area contributed by atoms with Crippen LogP contribution in [0.3, 0.4) is 0 Å². The molecule has 4 N–H and O–H groups in total. The van der Waals surface area contributed by atoms with Crippen LogP contribution in [-0.4, -0.2) is 30.4 Å². The third-order valence-electron chi connectivity index (χ3n) is 6.08. The minimum Gasteiger partial charge on any atom is -0.363 e. The lowest BCUT2D eigenvalue weighted by Crippen LogP contribution is -2.07. The standard InChI is InChI=1S/C23H20N4O2/c28-23(29)20-10-16-18(25-20)7-8-19-21(16)14-3-1-2-4-15(14)22(26-19)12-5-6-17-13(9-12)11-24-27-17/h5-11,23,25,28-29H,1-4H2,(H,24,27). The molecule has 6 nitrogen and oxygen atoms in total. The summed E-state index contributed by atoms with van der Waals surface area (Å²) < 4.78 is 0. The number of rotatable bonds is 2. The molecule has 3 aromatic heterocycles. The molecule has 5 aromatic rings. The van der Waals surface area contributed by atoms with Crippen LogP contribution in [0.1, 0.15) is 36.0 Å². The molecular formula is C23H20N4O2. The van der Waals surface area contributed by atoms with Crippen LogP contribution in [-0.2, 0) is 12.8 Å². The van der Waals surface area contributed by atoms with Crippen LogP contribution in [0.5, 0.6) is 0 Å². The topological polar surface area (TPSA) is 97.8 Å². The third-order valence-corrected chi connectivity index (χ3v) is 6.08. The highest BCUT2D eigenvalue weighted by molar-refractivity contribution is 6.08. The molecule has 0 aliphatic heterocycles. The van der Waals surface area contributed by atoms with E-state index < -0.39 is 6.29 Å². The van der Waals surface area contributed by atoms with E-state index in [1.807, 2.05) is 24.4 Å². The summed E-state index contributed by atoms with van der Waals surface area (Å²) in [5.41, 5.74) is 8.09. The largest absolute Gasteiger partial charge is 0.363 e. The van der Waals surface area contributed by atoms with Crippen molar-refractivity contribution in [1.29, 1.82) is 0 Å². The number of H-pyrrole nitrogens is 2. The number of hydrogen-bond acceptors (Lipinski definition) is 4. The molecule has 0 bridgehead atoms. The fraction of sp³-hybridized carbons (Fsp3) is 0.217. The number of aliphatic hydroxyl groups excluding tert-OH is 1. The maximum absolute atomic E-state index is 9.60. The van der Waals surface area contributed by atoms with E-state index in [1.54, 1.807) is 0 Å². The molecule has 0 saturated heterocycles. The number of nitrogens with one attached hydrogen (secondary N) is 2. The second-order valence-electron chi connectivity index (χ2n) is 7.82. The summed E-state index contributed by atoms with van der Waals surface area (Å²) >= 11 is 0. The number of benzene rings is 2. The Labute approximate surface area is 166 Å². The molecule has 0 saturated carbocycles. The zero-order chi connectivity index (χ0) is 19.5. The van der Waals surface area contributed by atoms with Gasteiger partial charge in [-0.05, 0) is 67.1 Å². The van der Waals surface area contributed by atoms with E-state index in [-0.39, 0.29) is 0 Å². The van der Waals surface area contributed by atoms with Crippen molar-refractivity contribution in [3.63, 3.8) is 0 Å². The van der Waals surface area contributed by atoms with Crippen LogP contribution in [0.2, 0.25) is 0 Å². The van der Waals surface area contributed by atoms with E-state index in [1.165, 1.54) is 11.1 Å². The van der Waals surface area contributed by atoms with Gasteiger partial charge in [0.2, 0.25) is 0 Å². The van der Waals surface area contributed by atoms with Gasteiger partial charge in [0.15, 0.2) is 6.29 Å². The first-order chi connectivity index (χ1) is 14.2. The van der Waals surface area contributed by atoms with Crippen LogP contribution in [0, 0.1) is 0 Å². The molecule has 6 heteroatoms. The number of aromatic amines is 2. The third kappa shape index (κ3) is 2.50. The Morgan fingerprint density at radius 1 is 0.931 bits per heavy atom. The lowest BCUT2D eigenvalue weighted by atomic mass is 9.85. The Morgan fingerprint density at radius 3 is 2.62 bits per heavy atom. The van der Waals surface area contributed by atoms with Crippen molar-refractivity contribution in [2.24, 2.45) is 0 Å². The quantitative estimate of drug-likeness (QED) is 0.344. The maximum atomic E-state index is 9.60. The summed E-state index contributed by atoms with van der Waals surface area (Å²) in [5.74, 6) is 0. The normalized spacial score (nSPS) is 14.3. The van der Waals surface area contributed by atoms with Gasteiger partial charge in [-0.15, -0.1) is 0 Å². The minimum atomic E-state index is -1.51. The molecule has 0 fully saturated rings. The van der Waals surface area contributed by atoms with Gasteiger partial charge in [-0.25, -0.2) is 4.98 Å². The van der Waals surface area contributed by atoms with Crippen molar-refractivity contribution in [2.75, 3.05) is 0 Å². The van der Waals surface area contributed by atoms with E-state index in [0.29, 0.717) is 5.69 Å². The second kappa shape index (κ2) is 6.14. The number of hydrogen-bond donors (Lipinski definition) is 4. The van der Waals surface area contributed by atoms with Gasteiger partial charge in [-0.3, -0.25) is 5.10 Å². The van der Waals surface area contributed by atoms with Crippen LogP contribution < -0.4 is 0 Å². The highest BCUT2D eigenvalue weighted by atomic mass is 16.5. The summed E-state index contributed by atoms with van der Waals surface area (Å²) in [6.07, 6.45) is 4.66. The Hall–Kier alpha value is -3.22. The maximum Gasteiger partial charge on any atom is 0.193 e. The minimum absolute atomic E-state index is 0.409. The average Bonchev–Trinajstić information content (AvgIpc) is 3.39. The van der Waals surface area contributed by atoms with Crippen molar-refractivity contribution in [3.05, 3.63) is 59.4 Å². The van der Waals surface area contributed by atoms with Crippen molar-refractivity contribution < 1.29 is 10.2 Å². The molecule has 2 aromatic carbocycles. The highest BCUT2D eigenvalue weighted by Crippen LogP contribution is 2.39. The fourth-order valence-corrected chi connectivity index (χ4v) is 4.72. The van der Waals surface area contributed by atoms with Crippen molar-refractivity contribution in [1.82, 2.24) is 20.2 Å². The van der Waals surface area contributed by atoms with Crippen molar-refractivity contribution >= 4 is 32.7 Å². The molecule has 3 heterocycles. The van der Waals surface area contributed by atoms with Crippen molar-refractivity contribution in [2.45, 2.75) is 32.0 Å². The zero-order valence-corrected chi connectivity index (χ0v) is 15.7. The first-order valence-corrected chi connectivity index (χ1v) is 9.96. The Kier molecular flexibility index (Phi) is 3.54. The molecule has 0 unspecified atom stereocenters. The Morgan fingerprint density at radius 2 is 1.76 bits per heavy atom. The first kappa shape index (κ1) is 16.7. The van der Waals surface area contributed by atoms with Crippen LogP contribution >= 0.6 is 0 Å². The van der Waals surface area contributed by atoms with Gasteiger partial charge in [-0.2, -0.15) is 5.10 Å². The summed E-state index contributed by atoms with van der Waals surface area (Å²) in [6, 6.07) is 12.2. The highest BCUT2D eigenvalue weighted by Gasteiger charge is 2.22. The van der Waals surface area contributed by atoms with E-state index in [9.17, 15) is 10.2 Å². The van der Waals surface area contributed by atoms with Crippen LogP contribution in [0.4, 0.5) is 0 Å². The zero-order valence-electron chi connectivity index (χ0n) is 15.7. The van der Waals surface area contributed by atoms with Gasteiger partial charge in [0.1, 0.15) is 0 Å². The molecule has 0 spiro atoms. The molecule has 0 amide bonds. The molecule has 0 radical (unpaired) electrons. The summed E-state index contributed by atoms with van der Waals surface area (Å²) in [4.78, 5) is 8.20. The molecule has 1 aliphatic rings. The number of aliphatic hydroxyl groups is 2. The second-order valence-corrected chi connectivity index (χ2v) is 7.82. The summed E-state index contributed by atoms with van der Waals surface area (Å²) in [7, 11) is 0. The van der Waals surface area contributed by atoms with Crippen LogP contribution in [0.25, 0.3) is 44.0 Å². The number of nitrogens with zero attached hydrogens (tertiary/aromatic N) is 2. The monoisotopic (exact) mass is 384 g/mol. The Bertz CT molecular complexity index is 1400. The molecular weight excluding hydrogens is 364 g/mol. The van der Waals surface area contributed by atoms with E-state index in [0.717, 1.165) is 69.6 Å². The van der Waals surface area contributed by atoms with Crippen LogP contribution in [0.15, 0.2) is 42.6 Å². The average molecular weight is 384 g/mol. The van der Waals surface area contributed by atoms with E-state index in [4.69, 9.17) is 4.98 Å². The molecule has 1 aliphatic carbocycles. The summed E-state index contributed by atoms with van der Waals surface area (Å²) in [6.45, 7) is 0. The molecule has 29 heavy (non-hydrogen) atoms. The number of fused-ring (bicyclic) bond motifs is 6. The molecule has 144 valence electrons. The number of aryl methyl sites for hydroxylation is 1. The number of pyridine rings is 1. The van der Waals surface area contributed by atoms with Gasteiger partial charge < -0.3 is 15.2 Å². The predicted molar refractivity (Wildman–Crippen MR) is 113 cm³/mol. The van der Waals surface area contributed by atoms with Gasteiger partial charge in [0.25, 0.3) is 0 Å². The van der Waals surface area contributed by atoms with Crippen molar-refractivity contribution in [3.8, 4) is 11.3 Å². The Balaban J connectivity index is 1.67. The SMILES string of the molecule is OC(O)c1cc2c(ccc3nc(-c4ccc5[nH]ncc5c4)c4c(c32)CCCC4)[nH]1.